The standard InChI is InChI=1S/C17H25N3O3.C14H12O/c1-12-5-3-4-8-20(17(12)22)11-16(21)19-14-9-13(10-18)6-7-15(14)23-2;1-11(15)12-7-9-14(10-8-12)13-5-3-2-4-6-13/h6-7,9,12H,3-5,8,10-11,18H2,1-2H3,(H,19,21);2-10H,1H3. The minimum absolute atomic E-state index is 0.0135. The summed E-state index contributed by atoms with van der Waals surface area (Å²) in [6.45, 7) is 4.59. The summed E-state index contributed by atoms with van der Waals surface area (Å²) in [5.41, 5.74) is 10.2. The molecule has 1 heterocycles. The summed E-state index contributed by atoms with van der Waals surface area (Å²) in [6, 6.07) is 23.2. The third-order valence-electron chi connectivity index (χ3n) is 6.56. The Bertz CT molecular complexity index is 1230. The van der Waals surface area contributed by atoms with Crippen LogP contribution in [-0.4, -0.2) is 42.7 Å². The van der Waals surface area contributed by atoms with Crippen molar-refractivity contribution < 1.29 is 19.1 Å². The van der Waals surface area contributed by atoms with Crippen LogP contribution < -0.4 is 15.8 Å². The van der Waals surface area contributed by atoms with E-state index in [1.807, 2.05) is 55.5 Å². The first kappa shape index (κ1) is 28.6. The Morgan fingerprint density at radius 1 is 1.00 bits per heavy atom. The number of methoxy groups -OCH3 is 1. The molecule has 1 unspecified atom stereocenters. The molecule has 7 nitrogen and oxygen atoms in total. The average Bonchev–Trinajstić information content (AvgIpc) is 3.09. The van der Waals surface area contributed by atoms with Gasteiger partial charge in [0.05, 0.1) is 19.3 Å². The Kier molecular flexibility index (Phi) is 10.6. The van der Waals surface area contributed by atoms with Gasteiger partial charge in [0.25, 0.3) is 0 Å². The number of ketones is 1. The van der Waals surface area contributed by atoms with Crippen molar-refractivity contribution in [3.63, 3.8) is 0 Å². The lowest BCUT2D eigenvalue weighted by Crippen LogP contribution is -2.40. The third kappa shape index (κ3) is 8.02. The van der Waals surface area contributed by atoms with Gasteiger partial charge in [-0.25, -0.2) is 0 Å². The van der Waals surface area contributed by atoms with Gasteiger partial charge < -0.3 is 20.7 Å². The monoisotopic (exact) mass is 515 g/mol. The normalized spacial score (nSPS) is 15.1. The van der Waals surface area contributed by atoms with Crippen LogP contribution in [0.4, 0.5) is 5.69 Å². The van der Waals surface area contributed by atoms with Crippen LogP contribution in [-0.2, 0) is 16.1 Å². The molecule has 1 saturated heterocycles. The van der Waals surface area contributed by atoms with E-state index in [2.05, 4.69) is 17.4 Å². The molecule has 1 fully saturated rings. The molecule has 0 bridgehead atoms. The van der Waals surface area contributed by atoms with Crippen LogP contribution in [0, 0.1) is 5.92 Å². The molecule has 4 rings (SSSR count). The van der Waals surface area contributed by atoms with Crippen LogP contribution in [0.15, 0.2) is 72.8 Å². The molecule has 1 aliphatic rings. The van der Waals surface area contributed by atoms with Crippen molar-refractivity contribution >= 4 is 23.3 Å². The maximum Gasteiger partial charge on any atom is 0.244 e. The van der Waals surface area contributed by atoms with Gasteiger partial charge in [-0.1, -0.05) is 74.0 Å². The molecule has 0 aliphatic carbocycles. The predicted molar refractivity (Wildman–Crippen MR) is 151 cm³/mol. The molecule has 38 heavy (non-hydrogen) atoms. The number of benzene rings is 3. The zero-order valence-corrected chi connectivity index (χ0v) is 22.4. The number of rotatable bonds is 7. The first-order valence-electron chi connectivity index (χ1n) is 12.9. The number of Topliss-reactive ketones (excluding diaryl/α,β-unsaturated/α-hetero) is 1. The lowest BCUT2D eigenvalue weighted by atomic mass is 10.0. The van der Waals surface area contributed by atoms with Gasteiger partial charge in [0.2, 0.25) is 11.8 Å². The molecule has 1 aliphatic heterocycles. The highest BCUT2D eigenvalue weighted by atomic mass is 16.5. The Morgan fingerprint density at radius 3 is 2.32 bits per heavy atom. The number of hydrogen-bond acceptors (Lipinski definition) is 5. The fourth-order valence-corrected chi connectivity index (χ4v) is 4.33. The van der Waals surface area contributed by atoms with Crippen molar-refractivity contribution in [1.82, 2.24) is 4.90 Å². The van der Waals surface area contributed by atoms with Crippen molar-refractivity contribution in [2.75, 3.05) is 25.5 Å². The smallest absolute Gasteiger partial charge is 0.244 e. The zero-order chi connectivity index (χ0) is 27.5. The van der Waals surface area contributed by atoms with Crippen molar-refractivity contribution in [3.05, 3.63) is 83.9 Å². The molecule has 200 valence electrons. The van der Waals surface area contributed by atoms with E-state index in [4.69, 9.17) is 10.5 Å². The number of hydrogen-bond donors (Lipinski definition) is 2. The van der Waals surface area contributed by atoms with Gasteiger partial charge in [-0.15, -0.1) is 0 Å². The highest BCUT2D eigenvalue weighted by molar-refractivity contribution is 5.96. The molecule has 3 aromatic carbocycles. The number of nitrogens with one attached hydrogen (secondary N) is 1. The summed E-state index contributed by atoms with van der Waals surface area (Å²) < 4.78 is 5.26. The van der Waals surface area contributed by atoms with E-state index in [0.717, 1.165) is 36.0 Å². The largest absolute Gasteiger partial charge is 0.495 e. The van der Waals surface area contributed by atoms with Gasteiger partial charge in [0.1, 0.15) is 5.75 Å². The van der Waals surface area contributed by atoms with Gasteiger partial charge >= 0.3 is 0 Å². The fraction of sp³-hybridized carbons (Fsp3) is 0.323. The summed E-state index contributed by atoms with van der Waals surface area (Å²) in [5, 5.41) is 2.83. The molecule has 2 amide bonds. The molecule has 0 radical (unpaired) electrons. The van der Waals surface area contributed by atoms with E-state index in [-0.39, 0.29) is 30.1 Å². The lowest BCUT2D eigenvalue weighted by molar-refractivity contribution is -0.137. The van der Waals surface area contributed by atoms with Crippen molar-refractivity contribution in [1.29, 1.82) is 0 Å². The Morgan fingerprint density at radius 2 is 1.68 bits per heavy atom. The van der Waals surface area contributed by atoms with Crippen molar-refractivity contribution in [2.24, 2.45) is 11.7 Å². The van der Waals surface area contributed by atoms with E-state index in [0.29, 0.717) is 24.5 Å². The van der Waals surface area contributed by atoms with E-state index in [1.165, 1.54) is 5.56 Å². The van der Waals surface area contributed by atoms with Crippen molar-refractivity contribution in [3.8, 4) is 16.9 Å². The fourth-order valence-electron chi connectivity index (χ4n) is 4.33. The number of nitrogens with two attached hydrogens (primary N) is 1. The number of carbonyl (C=O) groups excluding carboxylic acids is 3. The van der Waals surface area contributed by atoms with Crippen LogP contribution in [0.5, 0.6) is 5.75 Å². The molecular formula is C31H37N3O4. The van der Waals surface area contributed by atoms with Crippen LogP contribution in [0.2, 0.25) is 0 Å². The third-order valence-corrected chi connectivity index (χ3v) is 6.56. The zero-order valence-electron chi connectivity index (χ0n) is 22.4. The van der Waals surface area contributed by atoms with Crippen molar-refractivity contribution in [2.45, 2.75) is 39.7 Å². The molecule has 0 saturated carbocycles. The Balaban J connectivity index is 0.000000230. The van der Waals surface area contributed by atoms with Gasteiger partial charge in [-0.05, 0) is 48.6 Å². The van der Waals surface area contributed by atoms with Crippen LogP contribution in [0.1, 0.15) is 49.0 Å². The molecule has 3 N–H and O–H groups in total. The summed E-state index contributed by atoms with van der Waals surface area (Å²) in [5.74, 6) is 0.501. The van der Waals surface area contributed by atoms with Crippen LogP contribution in [0.3, 0.4) is 0 Å². The second-order valence-corrected chi connectivity index (χ2v) is 9.44. The lowest BCUT2D eigenvalue weighted by Gasteiger charge is -2.22. The summed E-state index contributed by atoms with van der Waals surface area (Å²) >= 11 is 0. The predicted octanol–water partition coefficient (Wildman–Crippen LogP) is 5.30. The number of anilines is 1. The topological polar surface area (TPSA) is 102 Å². The molecule has 3 aromatic rings. The summed E-state index contributed by atoms with van der Waals surface area (Å²) in [4.78, 5) is 37.3. The first-order chi connectivity index (χ1) is 18.3. The highest BCUT2D eigenvalue weighted by Gasteiger charge is 2.25. The first-order valence-corrected chi connectivity index (χ1v) is 12.9. The quantitative estimate of drug-likeness (QED) is 0.416. The second kappa shape index (κ2) is 14.1. The highest BCUT2D eigenvalue weighted by Crippen LogP contribution is 2.26. The minimum atomic E-state index is -0.222. The number of amides is 2. The molecule has 0 spiro atoms. The maximum absolute atomic E-state index is 12.3. The van der Waals surface area contributed by atoms with E-state index < -0.39 is 0 Å². The van der Waals surface area contributed by atoms with Gasteiger partial charge in [0.15, 0.2) is 5.78 Å². The molecule has 7 heteroatoms. The van der Waals surface area contributed by atoms with Gasteiger partial charge in [-0.2, -0.15) is 0 Å². The SMILES string of the molecule is CC(=O)c1ccc(-c2ccccc2)cc1.COc1ccc(CN)cc1NC(=O)CN1CCCCC(C)C1=O. The second-order valence-electron chi connectivity index (χ2n) is 9.44. The Hall–Kier alpha value is -3.97. The van der Waals surface area contributed by atoms with Gasteiger partial charge in [0, 0.05) is 24.6 Å². The van der Waals surface area contributed by atoms with E-state index in [1.54, 1.807) is 31.1 Å². The summed E-state index contributed by atoms with van der Waals surface area (Å²) in [6.07, 6.45) is 2.86. The minimum Gasteiger partial charge on any atom is -0.495 e. The molecule has 0 aromatic heterocycles. The Labute approximate surface area is 225 Å². The summed E-state index contributed by atoms with van der Waals surface area (Å²) in [7, 11) is 1.55. The van der Waals surface area contributed by atoms with Gasteiger partial charge in [-0.3, -0.25) is 14.4 Å². The number of carbonyl (C=O) groups is 3. The van der Waals surface area contributed by atoms with Crippen LogP contribution >= 0.6 is 0 Å². The number of nitrogens with zero attached hydrogens (tertiary/aromatic N) is 1. The van der Waals surface area contributed by atoms with Crippen LogP contribution in [0.25, 0.3) is 11.1 Å². The molecule has 1 atom stereocenters. The van der Waals surface area contributed by atoms with E-state index >= 15 is 0 Å². The molecular weight excluding hydrogens is 478 g/mol. The number of ether oxygens (including phenoxy) is 1. The maximum atomic E-state index is 12.3. The average molecular weight is 516 g/mol. The number of likely N-dealkylation sites (tertiary alicyclic amines) is 1. The van der Waals surface area contributed by atoms with E-state index in [9.17, 15) is 14.4 Å².